The van der Waals surface area contributed by atoms with Gasteiger partial charge in [0.25, 0.3) is 0 Å². The minimum atomic E-state index is -4.56. The summed E-state index contributed by atoms with van der Waals surface area (Å²) in [4.78, 5) is 14.1. The molecule has 0 spiro atoms. The molecule has 1 aromatic heterocycles. The van der Waals surface area contributed by atoms with E-state index in [4.69, 9.17) is 16.7 Å². The first-order chi connectivity index (χ1) is 11.3. The van der Waals surface area contributed by atoms with Crippen LogP contribution in [-0.4, -0.2) is 16.1 Å². The van der Waals surface area contributed by atoms with Crippen LogP contribution in [-0.2, 0) is 17.4 Å². The van der Waals surface area contributed by atoms with E-state index in [0.29, 0.717) is 15.9 Å². The number of carbonyl (C=O) groups is 1. The Labute approximate surface area is 139 Å². The number of nitrogens with one attached hydrogen (secondary N) is 1. The maximum atomic E-state index is 13.3. The van der Waals surface area contributed by atoms with Crippen molar-refractivity contribution < 1.29 is 23.1 Å². The summed E-state index contributed by atoms with van der Waals surface area (Å²) < 4.78 is 39.9. The molecule has 24 heavy (non-hydrogen) atoms. The predicted molar refractivity (Wildman–Crippen MR) is 85.1 cm³/mol. The zero-order chi connectivity index (χ0) is 17.5. The van der Waals surface area contributed by atoms with E-state index in [1.54, 1.807) is 18.2 Å². The van der Waals surface area contributed by atoms with Gasteiger partial charge in [0.1, 0.15) is 0 Å². The molecule has 0 amide bonds. The maximum Gasteiger partial charge on any atom is 0.417 e. The number of fused-ring (bicyclic) bond motifs is 1. The quantitative estimate of drug-likeness (QED) is 0.685. The van der Waals surface area contributed by atoms with E-state index in [9.17, 15) is 18.0 Å². The number of benzene rings is 2. The van der Waals surface area contributed by atoms with Gasteiger partial charge in [-0.25, -0.2) is 0 Å². The fourth-order valence-corrected chi connectivity index (χ4v) is 2.97. The lowest BCUT2D eigenvalue weighted by Gasteiger charge is -2.13. The molecule has 0 bridgehead atoms. The number of rotatable bonds is 3. The highest BCUT2D eigenvalue weighted by Crippen LogP contribution is 2.40. The van der Waals surface area contributed by atoms with Crippen molar-refractivity contribution in [2.24, 2.45) is 0 Å². The van der Waals surface area contributed by atoms with Crippen molar-refractivity contribution >= 4 is 28.5 Å². The van der Waals surface area contributed by atoms with Crippen LogP contribution in [0.3, 0.4) is 0 Å². The second-order valence-electron chi connectivity index (χ2n) is 5.25. The van der Waals surface area contributed by atoms with Crippen molar-refractivity contribution in [2.75, 3.05) is 0 Å². The molecule has 2 N–H and O–H groups in total. The molecular weight excluding hydrogens is 343 g/mol. The number of carboxylic acid groups (broad SMARTS) is 1. The highest BCUT2D eigenvalue weighted by molar-refractivity contribution is 6.35. The summed E-state index contributed by atoms with van der Waals surface area (Å²) >= 11 is 6.10. The molecule has 0 saturated heterocycles. The molecule has 0 aliphatic rings. The summed E-state index contributed by atoms with van der Waals surface area (Å²) in [6.45, 7) is 0. The summed E-state index contributed by atoms with van der Waals surface area (Å²) in [6.07, 6.45) is -4.97. The zero-order valence-electron chi connectivity index (χ0n) is 12.1. The minimum Gasteiger partial charge on any atom is -0.481 e. The Kier molecular flexibility index (Phi) is 4.01. The van der Waals surface area contributed by atoms with Gasteiger partial charge in [-0.3, -0.25) is 4.79 Å². The van der Waals surface area contributed by atoms with Crippen LogP contribution in [0.4, 0.5) is 13.2 Å². The van der Waals surface area contributed by atoms with Crippen LogP contribution < -0.4 is 0 Å². The fraction of sp³-hybridized carbons (Fsp3) is 0.118. The number of hydrogen-bond donors (Lipinski definition) is 2. The van der Waals surface area contributed by atoms with Crippen LogP contribution in [0.15, 0.2) is 42.5 Å². The van der Waals surface area contributed by atoms with Crippen molar-refractivity contribution in [3.05, 3.63) is 58.6 Å². The van der Waals surface area contributed by atoms with Crippen molar-refractivity contribution in [3.8, 4) is 11.3 Å². The lowest BCUT2D eigenvalue weighted by molar-refractivity contribution is -0.137. The lowest BCUT2D eigenvalue weighted by Crippen LogP contribution is -2.08. The van der Waals surface area contributed by atoms with Crippen LogP contribution in [0.25, 0.3) is 22.2 Å². The van der Waals surface area contributed by atoms with E-state index in [1.807, 2.05) is 0 Å². The Bertz CT molecular complexity index is 931. The standard InChI is InChI=1S/C17H11ClF3NO2/c18-13-7-3-5-9-11(8-14(23)24)15(22-16(9)13)10-4-1-2-6-12(10)17(19,20)21/h1-7,22H,8H2,(H,23,24). The Balaban J connectivity index is 2.35. The highest BCUT2D eigenvalue weighted by Gasteiger charge is 2.34. The maximum absolute atomic E-state index is 13.3. The number of aliphatic carboxylic acids is 1. The SMILES string of the molecule is O=C(O)Cc1c(-c2ccccc2C(F)(F)F)[nH]c2c(Cl)cccc12. The molecule has 0 radical (unpaired) electrons. The fourth-order valence-electron chi connectivity index (χ4n) is 2.75. The number of aromatic amines is 1. The summed E-state index contributed by atoms with van der Waals surface area (Å²) in [5.74, 6) is -1.14. The Morgan fingerprint density at radius 2 is 1.83 bits per heavy atom. The summed E-state index contributed by atoms with van der Waals surface area (Å²) in [5, 5.41) is 9.96. The second kappa shape index (κ2) is 5.87. The van der Waals surface area contributed by atoms with Gasteiger partial charge in [0.05, 0.1) is 28.2 Å². The van der Waals surface area contributed by atoms with Gasteiger partial charge < -0.3 is 10.1 Å². The molecule has 0 fully saturated rings. The molecule has 0 aliphatic carbocycles. The van der Waals surface area contributed by atoms with E-state index >= 15 is 0 Å². The third-order valence-electron chi connectivity index (χ3n) is 3.72. The first kappa shape index (κ1) is 16.4. The third-order valence-corrected chi connectivity index (χ3v) is 4.04. The van der Waals surface area contributed by atoms with Crippen LogP contribution in [0.1, 0.15) is 11.1 Å². The minimum absolute atomic E-state index is 0.103. The molecule has 1 heterocycles. The number of aromatic nitrogens is 1. The number of alkyl halides is 3. The molecule has 0 unspecified atom stereocenters. The van der Waals surface area contributed by atoms with E-state index in [2.05, 4.69) is 4.98 Å². The molecule has 2 aromatic carbocycles. The van der Waals surface area contributed by atoms with Gasteiger partial charge in [-0.15, -0.1) is 0 Å². The van der Waals surface area contributed by atoms with E-state index in [0.717, 1.165) is 6.07 Å². The second-order valence-corrected chi connectivity index (χ2v) is 5.66. The Morgan fingerprint density at radius 3 is 2.50 bits per heavy atom. The zero-order valence-corrected chi connectivity index (χ0v) is 12.9. The van der Waals surface area contributed by atoms with Gasteiger partial charge in [0, 0.05) is 10.9 Å². The molecule has 3 nitrogen and oxygen atoms in total. The van der Waals surface area contributed by atoms with Gasteiger partial charge in [0.2, 0.25) is 0 Å². The number of halogens is 4. The molecule has 0 saturated carbocycles. The molecule has 0 aliphatic heterocycles. The normalized spacial score (nSPS) is 11.8. The molecule has 3 aromatic rings. The molecular formula is C17H11ClF3NO2. The average Bonchev–Trinajstić information content (AvgIpc) is 2.86. The van der Waals surface area contributed by atoms with Gasteiger partial charge >= 0.3 is 12.1 Å². The molecule has 0 atom stereocenters. The number of para-hydroxylation sites is 1. The highest BCUT2D eigenvalue weighted by atomic mass is 35.5. The summed E-state index contributed by atoms with van der Waals surface area (Å²) in [5.41, 5.74) is -0.125. The van der Waals surface area contributed by atoms with Crippen molar-refractivity contribution in [1.82, 2.24) is 4.98 Å². The summed E-state index contributed by atoms with van der Waals surface area (Å²) in [6, 6.07) is 9.89. The van der Waals surface area contributed by atoms with Gasteiger partial charge in [-0.2, -0.15) is 13.2 Å². The van der Waals surface area contributed by atoms with Crippen molar-refractivity contribution in [1.29, 1.82) is 0 Å². The summed E-state index contributed by atoms with van der Waals surface area (Å²) in [7, 11) is 0. The largest absolute Gasteiger partial charge is 0.481 e. The van der Waals surface area contributed by atoms with Crippen LogP contribution in [0, 0.1) is 0 Å². The Morgan fingerprint density at radius 1 is 1.12 bits per heavy atom. The smallest absolute Gasteiger partial charge is 0.417 e. The topological polar surface area (TPSA) is 53.1 Å². The number of hydrogen-bond acceptors (Lipinski definition) is 1. The lowest BCUT2D eigenvalue weighted by atomic mass is 9.98. The van der Waals surface area contributed by atoms with Gasteiger partial charge in [-0.1, -0.05) is 41.9 Å². The number of carboxylic acids is 1. The average molecular weight is 354 g/mol. The van der Waals surface area contributed by atoms with E-state index in [1.165, 1.54) is 18.2 Å². The number of H-pyrrole nitrogens is 1. The Hall–Kier alpha value is -2.47. The predicted octanol–water partition coefficient (Wildman–Crippen LogP) is 5.13. The van der Waals surface area contributed by atoms with Gasteiger partial charge in [0.15, 0.2) is 0 Å². The van der Waals surface area contributed by atoms with Crippen LogP contribution >= 0.6 is 11.6 Å². The van der Waals surface area contributed by atoms with E-state index in [-0.39, 0.29) is 16.8 Å². The molecule has 124 valence electrons. The van der Waals surface area contributed by atoms with Crippen molar-refractivity contribution in [3.63, 3.8) is 0 Å². The first-order valence-corrected chi connectivity index (χ1v) is 7.34. The first-order valence-electron chi connectivity index (χ1n) is 6.96. The van der Waals surface area contributed by atoms with Crippen LogP contribution in [0.2, 0.25) is 5.02 Å². The molecule has 7 heteroatoms. The molecule has 3 rings (SSSR count). The van der Waals surface area contributed by atoms with Crippen molar-refractivity contribution in [2.45, 2.75) is 12.6 Å². The van der Waals surface area contributed by atoms with E-state index < -0.39 is 24.1 Å². The monoisotopic (exact) mass is 353 g/mol. The van der Waals surface area contributed by atoms with Crippen LogP contribution in [0.5, 0.6) is 0 Å². The van der Waals surface area contributed by atoms with Gasteiger partial charge in [-0.05, 0) is 17.7 Å². The third kappa shape index (κ3) is 2.85.